The van der Waals surface area contributed by atoms with Gasteiger partial charge in [0, 0.05) is 11.0 Å². The molecule has 0 bridgehead atoms. The van der Waals surface area contributed by atoms with E-state index in [1.807, 2.05) is 45.0 Å². The lowest BCUT2D eigenvalue weighted by molar-refractivity contribution is 0.0218. The molecule has 4 rings (SSSR count). The van der Waals surface area contributed by atoms with Gasteiger partial charge in [0.15, 0.2) is 0 Å². The molecular weight excluding hydrogens is 436 g/mol. The van der Waals surface area contributed by atoms with Gasteiger partial charge in [-0.15, -0.1) is 0 Å². The number of imidazole rings is 1. The maximum Gasteiger partial charge on any atom is 0.410 e. The molecule has 0 aliphatic carbocycles. The van der Waals surface area contributed by atoms with Crippen molar-refractivity contribution in [2.75, 3.05) is 13.1 Å². The van der Waals surface area contributed by atoms with Crippen molar-refractivity contribution in [3.63, 3.8) is 0 Å². The third-order valence-electron chi connectivity index (χ3n) is 4.92. The molecule has 8 heteroatoms. The molecule has 1 N–H and O–H groups in total. The highest BCUT2D eigenvalue weighted by molar-refractivity contribution is 9.10. The fraction of sp³-hybridized carbons (Fsp3) is 0.476. The Kier molecular flexibility index (Phi) is 5.38. The van der Waals surface area contributed by atoms with Gasteiger partial charge in [-0.05, 0) is 51.3 Å². The maximum atomic E-state index is 12.5. The molecule has 154 valence electrons. The second kappa shape index (κ2) is 7.82. The van der Waals surface area contributed by atoms with E-state index in [1.54, 1.807) is 11.1 Å². The molecule has 2 atom stereocenters. The quantitative estimate of drug-likeness (QED) is 0.715. The third-order valence-corrected chi connectivity index (χ3v) is 5.45. The van der Waals surface area contributed by atoms with Crippen LogP contribution in [0.15, 0.2) is 39.9 Å². The van der Waals surface area contributed by atoms with Crippen molar-refractivity contribution < 1.29 is 14.3 Å². The number of nitrogens with zero attached hydrogens (tertiary/aromatic N) is 3. The summed E-state index contributed by atoms with van der Waals surface area (Å²) >= 11 is 3.45. The second-order valence-corrected chi connectivity index (χ2v) is 9.23. The van der Waals surface area contributed by atoms with Crippen LogP contribution in [0.2, 0.25) is 0 Å². The second-order valence-electron chi connectivity index (χ2n) is 8.32. The number of benzene rings is 1. The molecule has 1 aromatic heterocycles. The summed E-state index contributed by atoms with van der Waals surface area (Å²) in [6, 6.07) is 7.93. The summed E-state index contributed by atoms with van der Waals surface area (Å²) in [6.07, 6.45) is 3.09. The summed E-state index contributed by atoms with van der Waals surface area (Å²) in [7, 11) is 0. The van der Waals surface area contributed by atoms with E-state index in [1.165, 1.54) is 0 Å². The van der Waals surface area contributed by atoms with Gasteiger partial charge in [0.1, 0.15) is 23.2 Å². The minimum absolute atomic E-state index is 0.102. The van der Waals surface area contributed by atoms with E-state index in [2.05, 4.69) is 30.9 Å². The number of aromatic amines is 1. The number of hydrogen-bond donors (Lipinski definition) is 1. The molecule has 0 spiro atoms. The molecule has 1 saturated heterocycles. The fourth-order valence-corrected chi connectivity index (χ4v) is 3.84. The number of rotatable bonds is 3. The van der Waals surface area contributed by atoms with Gasteiger partial charge in [0.2, 0.25) is 5.90 Å². The molecule has 0 radical (unpaired) electrons. The van der Waals surface area contributed by atoms with Gasteiger partial charge >= 0.3 is 6.09 Å². The van der Waals surface area contributed by atoms with Gasteiger partial charge in [-0.2, -0.15) is 0 Å². The molecule has 1 aromatic carbocycles. The minimum Gasteiger partial charge on any atom is -0.466 e. The summed E-state index contributed by atoms with van der Waals surface area (Å²) in [5, 5.41) is 0. The number of ether oxygens (including phenoxy) is 2. The maximum absolute atomic E-state index is 12.5. The van der Waals surface area contributed by atoms with Crippen LogP contribution in [0, 0.1) is 0 Å². The number of H-pyrrole nitrogens is 1. The normalized spacial score (nSPS) is 21.8. The van der Waals surface area contributed by atoms with E-state index in [0.29, 0.717) is 19.0 Å². The number of aliphatic imine (C=N–C) groups is 1. The lowest BCUT2D eigenvalue weighted by Gasteiger charge is -2.27. The summed E-state index contributed by atoms with van der Waals surface area (Å²) < 4.78 is 12.6. The molecule has 2 aliphatic heterocycles. The molecule has 2 aliphatic rings. The van der Waals surface area contributed by atoms with Gasteiger partial charge in [-0.1, -0.05) is 28.1 Å². The average molecular weight is 461 g/mol. The van der Waals surface area contributed by atoms with E-state index >= 15 is 0 Å². The highest BCUT2D eigenvalue weighted by Crippen LogP contribution is 2.32. The van der Waals surface area contributed by atoms with Crippen LogP contribution < -0.4 is 0 Å². The topological polar surface area (TPSA) is 79.8 Å². The van der Waals surface area contributed by atoms with Crippen LogP contribution in [0.4, 0.5) is 4.79 Å². The van der Waals surface area contributed by atoms with Crippen LogP contribution in [-0.2, 0) is 9.47 Å². The Bertz CT molecular complexity index is 917. The highest BCUT2D eigenvalue weighted by Gasteiger charge is 2.35. The van der Waals surface area contributed by atoms with Crippen LogP contribution in [0.5, 0.6) is 0 Å². The Balaban J connectivity index is 1.44. The Morgan fingerprint density at radius 2 is 2.07 bits per heavy atom. The first-order valence-electron chi connectivity index (χ1n) is 9.81. The molecule has 1 unspecified atom stereocenters. The first-order valence-corrected chi connectivity index (χ1v) is 10.6. The fourth-order valence-electron chi connectivity index (χ4n) is 3.58. The van der Waals surface area contributed by atoms with Gasteiger partial charge in [-0.25, -0.2) is 14.8 Å². The van der Waals surface area contributed by atoms with Crippen molar-refractivity contribution in [1.29, 1.82) is 0 Å². The SMILES string of the molecule is CC(C)(C)OC(=O)N1CCC[C@H]1c1ncc(C2=NCC(c3ccc(Br)cc3)O2)[nH]1. The highest BCUT2D eigenvalue weighted by atomic mass is 79.9. The summed E-state index contributed by atoms with van der Waals surface area (Å²) in [5.74, 6) is 1.29. The lowest BCUT2D eigenvalue weighted by atomic mass is 10.1. The number of halogens is 1. The van der Waals surface area contributed by atoms with Crippen molar-refractivity contribution >= 4 is 27.9 Å². The lowest BCUT2D eigenvalue weighted by Crippen LogP contribution is -2.36. The average Bonchev–Trinajstić information content (AvgIpc) is 3.39. The van der Waals surface area contributed by atoms with Gasteiger partial charge in [0.05, 0.1) is 18.8 Å². The monoisotopic (exact) mass is 460 g/mol. The zero-order valence-corrected chi connectivity index (χ0v) is 18.4. The molecule has 29 heavy (non-hydrogen) atoms. The zero-order valence-electron chi connectivity index (χ0n) is 16.8. The van der Waals surface area contributed by atoms with E-state index in [9.17, 15) is 4.79 Å². The molecular formula is C21H25BrN4O3. The number of nitrogens with one attached hydrogen (secondary N) is 1. The van der Waals surface area contributed by atoms with E-state index in [4.69, 9.17) is 9.47 Å². The summed E-state index contributed by atoms with van der Waals surface area (Å²) in [5.41, 5.74) is 1.29. The number of aromatic nitrogens is 2. The smallest absolute Gasteiger partial charge is 0.410 e. The van der Waals surface area contributed by atoms with Crippen LogP contribution in [-0.4, -0.2) is 45.5 Å². The van der Waals surface area contributed by atoms with E-state index < -0.39 is 5.60 Å². The molecule has 7 nitrogen and oxygen atoms in total. The van der Waals surface area contributed by atoms with Gasteiger partial charge in [0.25, 0.3) is 0 Å². The van der Waals surface area contributed by atoms with Gasteiger partial charge in [-0.3, -0.25) is 4.90 Å². The molecule has 0 saturated carbocycles. The summed E-state index contributed by atoms with van der Waals surface area (Å²) in [6.45, 7) is 6.85. The number of hydrogen-bond acceptors (Lipinski definition) is 5. The molecule has 2 aromatic rings. The Morgan fingerprint density at radius 3 is 2.79 bits per heavy atom. The Labute approximate surface area is 178 Å². The first-order chi connectivity index (χ1) is 13.8. The van der Waals surface area contributed by atoms with Crippen LogP contribution in [0.1, 0.15) is 62.8 Å². The number of carbonyl (C=O) groups is 1. The van der Waals surface area contributed by atoms with Crippen molar-refractivity contribution in [3.05, 3.63) is 52.0 Å². The van der Waals surface area contributed by atoms with Crippen molar-refractivity contribution in [1.82, 2.24) is 14.9 Å². The number of amides is 1. The van der Waals surface area contributed by atoms with E-state index in [-0.39, 0.29) is 18.2 Å². The summed E-state index contributed by atoms with van der Waals surface area (Å²) in [4.78, 5) is 26.6. The third kappa shape index (κ3) is 4.47. The predicted molar refractivity (Wildman–Crippen MR) is 113 cm³/mol. The van der Waals surface area contributed by atoms with Crippen molar-refractivity contribution in [3.8, 4) is 0 Å². The largest absolute Gasteiger partial charge is 0.466 e. The van der Waals surface area contributed by atoms with Crippen molar-refractivity contribution in [2.24, 2.45) is 4.99 Å². The first kappa shape index (κ1) is 19.9. The minimum atomic E-state index is -0.521. The van der Waals surface area contributed by atoms with Crippen LogP contribution in [0.3, 0.4) is 0 Å². The van der Waals surface area contributed by atoms with E-state index in [0.717, 1.165) is 34.4 Å². The van der Waals surface area contributed by atoms with Crippen molar-refractivity contribution in [2.45, 2.75) is 51.4 Å². The van der Waals surface area contributed by atoms with Crippen LogP contribution >= 0.6 is 15.9 Å². The number of carbonyl (C=O) groups excluding carboxylic acids is 1. The molecule has 3 heterocycles. The number of likely N-dealkylation sites (tertiary alicyclic amines) is 1. The predicted octanol–water partition coefficient (Wildman–Crippen LogP) is 4.76. The van der Waals surface area contributed by atoms with Gasteiger partial charge < -0.3 is 14.5 Å². The standard InChI is InChI=1S/C21H25BrN4O3/c1-21(2,3)29-20(27)26-10-4-5-16(26)18-23-11-15(25-18)19-24-12-17(28-19)13-6-8-14(22)9-7-13/h6-9,11,16-17H,4-5,10,12H2,1-3H3,(H,23,25)/t16-,17?/m0/s1. The Morgan fingerprint density at radius 1 is 1.31 bits per heavy atom. The molecule has 1 amide bonds. The zero-order chi connectivity index (χ0) is 20.6. The Hall–Kier alpha value is -2.35. The van der Waals surface area contributed by atoms with Crippen LogP contribution in [0.25, 0.3) is 0 Å². The molecule has 1 fully saturated rings.